The van der Waals surface area contributed by atoms with E-state index in [4.69, 9.17) is 34.8 Å². The van der Waals surface area contributed by atoms with Crippen LogP contribution in [-0.2, 0) is 32.6 Å². The van der Waals surface area contributed by atoms with Crippen LogP contribution in [0.25, 0.3) is 0 Å². The third-order valence-electron chi connectivity index (χ3n) is 7.55. The van der Waals surface area contributed by atoms with Gasteiger partial charge in [-0.15, -0.1) is 0 Å². The molecule has 0 saturated carbocycles. The Bertz CT molecular complexity index is 1790. The van der Waals surface area contributed by atoms with Crippen molar-refractivity contribution >= 4 is 62.3 Å². The smallest absolute Gasteiger partial charge is 0.264 e. The lowest BCUT2D eigenvalue weighted by Gasteiger charge is -2.34. The van der Waals surface area contributed by atoms with Gasteiger partial charge in [-0.05, 0) is 73.4 Å². The van der Waals surface area contributed by atoms with Crippen LogP contribution in [0.3, 0.4) is 0 Å². The van der Waals surface area contributed by atoms with Crippen molar-refractivity contribution in [2.24, 2.45) is 0 Å². The van der Waals surface area contributed by atoms with Crippen LogP contribution in [0.2, 0.25) is 15.1 Å². The maximum atomic E-state index is 14.6. The van der Waals surface area contributed by atoms with E-state index in [2.05, 4.69) is 5.32 Å². The van der Waals surface area contributed by atoms with Gasteiger partial charge < -0.3 is 10.2 Å². The lowest BCUT2D eigenvalue weighted by atomic mass is 10.0. The largest absolute Gasteiger partial charge is 0.354 e. The van der Waals surface area contributed by atoms with Crippen LogP contribution in [0.1, 0.15) is 35.6 Å². The first-order valence-corrected chi connectivity index (χ1v) is 17.4. The van der Waals surface area contributed by atoms with E-state index in [1.807, 2.05) is 44.2 Å². The number of hydrogen-bond donors (Lipinski definition) is 1. The Labute approximate surface area is 286 Å². The van der Waals surface area contributed by atoms with Gasteiger partial charge in [-0.3, -0.25) is 13.9 Å². The van der Waals surface area contributed by atoms with E-state index in [0.717, 1.165) is 15.4 Å². The minimum Gasteiger partial charge on any atom is -0.354 e. The second-order valence-corrected chi connectivity index (χ2v) is 14.1. The summed E-state index contributed by atoms with van der Waals surface area (Å²) in [7, 11) is -4.25. The van der Waals surface area contributed by atoms with E-state index < -0.39 is 28.5 Å². The molecule has 46 heavy (non-hydrogen) atoms. The summed E-state index contributed by atoms with van der Waals surface area (Å²) in [6.45, 7) is 5.28. The topological polar surface area (TPSA) is 86.8 Å². The SMILES string of the molecule is CCCNC(=O)[C@@H](Cc1ccccc1)N(Cc1ccc(Cl)c(Cl)c1)C(=O)CN(c1cccc(Cl)c1C)S(=O)(=O)c1ccc(C)cc1. The van der Waals surface area contributed by atoms with Crippen molar-refractivity contribution in [3.63, 3.8) is 0 Å². The predicted octanol–water partition coefficient (Wildman–Crippen LogP) is 7.63. The van der Waals surface area contributed by atoms with Crippen molar-refractivity contribution in [1.29, 1.82) is 0 Å². The number of sulfonamides is 1. The molecule has 242 valence electrons. The summed E-state index contributed by atoms with van der Waals surface area (Å²) in [6, 6.07) is 24.7. The first kappa shape index (κ1) is 35.3. The highest BCUT2D eigenvalue weighted by Crippen LogP contribution is 2.32. The minimum atomic E-state index is -4.25. The highest BCUT2D eigenvalue weighted by Gasteiger charge is 2.35. The molecule has 0 aliphatic carbocycles. The highest BCUT2D eigenvalue weighted by molar-refractivity contribution is 7.92. The molecule has 0 aliphatic heterocycles. The maximum Gasteiger partial charge on any atom is 0.264 e. The van der Waals surface area contributed by atoms with Gasteiger partial charge in [-0.2, -0.15) is 0 Å². The molecule has 0 spiro atoms. The van der Waals surface area contributed by atoms with Gasteiger partial charge in [0, 0.05) is 24.5 Å². The van der Waals surface area contributed by atoms with E-state index in [0.29, 0.717) is 39.2 Å². The molecule has 7 nitrogen and oxygen atoms in total. The lowest BCUT2D eigenvalue weighted by molar-refractivity contribution is -0.140. The maximum absolute atomic E-state index is 14.6. The van der Waals surface area contributed by atoms with E-state index in [9.17, 15) is 18.0 Å². The number of aryl methyl sites for hydroxylation is 1. The zero-order valence-electron chi connectivity index (χ0n) is 25.8. The molecule has 1 atom stereocenters. The fourth-order valence-corrected chi connectivity index (χ4v) is 6.93. The number of anilines is 1. The third-order valence-corrected chi connectivity index (χ3v) is 10.5. The molecule has 0 heterocycles. The van der Waals surface area contributed by atoms with Crippen LogP contribution in [0.4, 0.5) is 5.69 Å². The van der Waals surface area contributed by atoms with Crippen molar-refractivity contribution in [2.45, 2.75) is 51.1 Å². The molecule has 0 fully saturated rings. The Morgan fingerprint density at radius 1 is 0.804 bits per heavy atom. The van der Waals surface area contributed by atoms with Crippen molar-refractivity contribution in [1.82, 2.24) is 10.2 Å². The van der Waals surface area contributed by atoms with Gasteiger partial charge in [0.25, 0.3) is 10.0 Å². The van der Waals surface area contributed by atoms with Crippen LogP contribution in [0, 0.1) is 13.8 Å². The van der Waals surface area contributed by atoms with Crippen LogP contribution in [0.15, 0.2) is 95.9 Å². The molecule has 4 aromatic rings. The summed E-state index contributed by atoms with van der Waals surface area (Å²) in [4.78, 5) is 29.8. The molecule has 0 bridgehead atoms. The van der Waals surface area contributed by atoms with Gasteiger partial charge in [0.15, 0.2) is 0 Å². The second kappa shape index (κ2) is 15.8. The predicted molar refractivity (Wildman–Crippen MR) is 186 cm³/mol. The Morgan fingerprint density at radius 3 is 2.15 bits per heavy atom. The molecule has 0 aliphatic rings. The first-order valence-electron chi connectivity index (χ1n) is 14.8. The number of carbonyl (C=O) groups is 2. The summed E-state index contributed by atoms with van der Waals surface area (Å²) in [5.74, 6) is -0.945. The molecular weight excluding hydrogens is 665 g/mol. The Hall–Kier alpha value is -3.56. The zero-order chi connectivity index (χ0) is 33.4. The molecule has 0 saturated heterocycles. The summed E-state index contributed by atoms with van der Waals surface area (Å²) in [6.07, 6.45) is 0.894. The van der Waals surface area contributed by atoms with Crippen molar-refractivity contribution in [2.75, 3.05) is 17.4 Å². The van der Waals surface area contributed by atoms with Crippen molar-refractivity contribution < 1.29 is 18.0 Å². The molecule has 0 radical (unpaired) electrons. The molecule has 0 unspecified atom stereocenters. The monoisotopic (exact) mass is 699 g/mol. The normalized spacial score (nSPS) is 12.0. The van der Waals surface area contributed by atoms with Gasteiger partial charge in [0.05, 0.1) is 20.6 Å². The summed E-state index contributed by atoms with van der Waals surface area (Å²) >= 11 is 19.0. The van der Waals surface area contributed by atoms with E-state index >= 15 is 0 Å². The van der Waals surface area contributed by atoms with E-state index in [1.54, 1.807) is 55.5 Å². The Balaban J connectivity index is 1.84. The number of amides is 2. The third kappa shape index (κ3) is 8.62. The van der Waals surface area contributed by atoms with Crippen LogP contribution >= 0.6 is 34.8 Å². The summed E-state index contributed by atoms with van der Waals surface area (Å²) < 4.78 is 29.5. The number of rotatable bonds is 13. The molecule has 1 N–H and O–H groups in total. The molecule has 4 aromatic carbocycles. The average molecular weight is 701 g/mol. The quantitative estimate of drug-likeness (QED) is 0.156. The number of benzene rings is 4. The number of nitrogens with one attached hydrogen (secondary N) is 1. The van der Waals surface area contributed by atoms with Gasteiger partial charge in [0.1, 0.15) is 12.6 Å². The number of nitrogens with zero attached hydrogens (tertiary/aromatic N) is 2. The van der Waals surface area contributed by atoms with Crippen LogP contribution in [0.5, 0.6) is 0 Å². The molecule has 0 aromatic heterocycles. The minimum absolute atomic E-state index is 0.0165. The van der Waals surface area contributed by atoms with E-state index in [-0.39, 0.29) is 29.5 Å². The van der Waals surface area contributed by atoms with Gasteiger partial charge in [-0.25, -0.2) is 8.42 Å². The fourth-order valence-electron chi connectivity index (χ4n) is 4.97. The average Bonchev–Trinajstić information content (AvgIpc) is 3.04. The first-order chi connectivity index (χ1) is 21.9. The molecule has 11 heteroatoms. The Morgan fingerprint density at radius 2 is 1.50 bits per heavy atom. The van der Waals surface area contributed by atoms with Gasteiger partial charge in [0.2, 0.25) is 11.8 Å². The van der Waals surface area contributed by atoms with Crippen LogP contribution in [-0.4, -0.2) is 44.3 Å². The van der Waals surface area contributed by atoms with Crippen molar-refractivity contribution in [3.8, 4) is 0 Å². The fraction of sp³-hybridized carbons (Fsp3) is 0.257. The van der Waals surface area contributed by atoms with E-state index in [1.165, 1.54) is 17.0 Å². The lowest BCUT2D eigenvalue weighted by Crippen LogP contribution is -2.53. The van der Waals surface area contributed by atoms with Crippen molar-refractivity contribution in [3.05, 3.63) is 128 Å². The second-order valence-electron chi connectivity index (χ2n) is 11.0. The molecular formula is C35H36Cl3N3O4S. The zero-order valence-corrected chi connectivity index (χ0v) is 28.9. The number of carbonyl (C=O) groups excluding carboxylic acids is 2. The molecule has 4 rings (SSSR count). The summed E-state index contributed by atoms with van der Waals surface area (Å²) in [5.41, 5.74) is 3.09. The number of halogens is 3. The summed E-state index contributed by atoms with van der Waals surface area (Å²) in [5, 5.41) is 3.91. The number of hydrogen-bond acceptors (Lipinski definition) is 4. The Kier molecular flexibility index (Phi) is 12.1. The molecule has 2 amide bonds. The van der Waals surface area contributed by atoms with Gasteiger partial charge in [-0.1, -0.05) is 102 Å². The highest BCUT2D eigenvalue weighted by atomic mass is 35.5. The van der Waals surface area contributed by atoms with Crippen LogP contribution < -0.4 is 9.62 Å². The standard InChI is InChI=1S/C35H36Cl3N3O4S/c1-4-19-39-35(43)33(21-26-9-6-5-7-10-26)40(22-27-15-18-30(37)31(38)20-27)34(42)23-41(32-12-8-11-29(36)25(32)3)46(44,45)28-16-13-24(2)14-17-28/h5-18,20,33H,4,19,21-23H2,1-3H3,(H,39,43)/t33-/m1/s1. The van der Waals surface area contributed by atoms with Gasteiger partial charge >= 0.3 is 0 Å².